The highest BCUT2D eigenvalue weighted by atomic mass is 32.2. The monoisotopic (exact) mass is 768 g/mol. The maximum absolute atomic E-state index is 15.0. The first-order valence-corrected chi connectivity index (χ1v) is 22.3. The molecule has 6 aliphatic rings. The number of hydrogen-bond acceptors (Lipinski definition) is 5. The summed E-state index contributed by atoms with van der Waals surface area (Å²) in [6, 6.07) is 2.41. The van der Waals surface area contributed by atoms with Crippen molar-refractivity contribution in [2.75, 3.05) is 37.7 Å². The van der Waals surface area contributed by atoms with Crippen LogP contribution in [-0.4, -0.2) is 68.0 Å². The molecule has 4 saturated carbocycles. The second-order valence-electron chi connectivity index (χ2n) is 19.6. The van der Waals surface area contributed by atoms with Gasteiger partial charge in [0, 0.05) is 19.6 Å². The fourth-order valence-corrected chi connectivity index (χ4v) is 15.5. The second kappa shape index (κ2) is 13.5. The molecule has 1 heterocycles. The summed E-state index contributed by atoms with van der Waals surface area (Å²) < 4.78 is 53.7. The molecule has 0 spiro atoms. The van der Waals surface area contributed by atoms with Crippen molar-refractivity contribution < 1.29 is 31.9 Å². The number of benzene rings is 1. The highest BCUT2D eigenvalue weighted by molar-refractivity contribution is 7.91. The predicted octanol–water partition coefficient (Wildman–Crippen LogP) is 8.55. The van der Waals surface area contributed by atoms with Crippen molar-refractivity contribution in [3.63, 3.8) is 0 Å². The van der Waals surface area contributed by atoms with Crippen LogP contribution < -0.4 is 5.32 Å². The molecule has 0 bridgehead atoms. The van der Waals surface area contributed by atoms with E-state index in [0.717, 1.165) is 76.3 Å². The van der Waals surface area contributed by atoms with Gasteiger partial charge in [-0.25, -0.2) is 22.0 Å². The van der Waals surface area contributed by atoms with Gasteiger partial charge in [-0.1, -0.05) is 52.8 Å². The standard InChI is InChI=1S/C44H62F2N2O5S/c1-27(2)29-11-16-44(39(51)47-19-8-20-48-21-23-54(52,53)24-22-48)18-17-42(6)31(37(29)44)9-10-35-41(5)14-12-30(40(3,4)34(41)13-15-43(35,42)7)28-25-32(45)36(38(49)50)33(46)26-28/h12,25-26,29,31,34-35,37H,1,8-11,13-24H2,2-7H3,(H,47,51)(H,49,50)/t29-,31+,34-,35+,37+,41-,42+,43+,44-/m0/s1. The highest BCUT2D eigenvalue weighted by Gasteiger charge is 2.71. The maximum atomic E-state index is 15.0. The molecular formula is C44H62F2N2O5S. The largest absolute Gasteiger partial charge is 0.477 e. The Morgan fingerprint density at radius 2 is 1.59 bits per heavy atom. The number of carboxylic acid groups (broad SMARTS) is 1. The van der Waals surface area contributed by atoms with Crippen molar-refractivity contribution >= 4 is 27.3 Å². The van der Waals surface area contributed by atoms with Gasteiger partial charge in [0.2, 0.25) is 5.91 Å². The van der Waals surface area contributed by atoms with Crippen molar-refractivity contribution in [2.24, 2.45) is 56.7 Å². The van der Waals surface area contributed by atoms with Gasteiger partial charge in [0.25, 0.3) is 0 Å². The van der Waals surface area contributed by atoms with Gasteiger partial charge < -0.3 is 15.3 Å². The van der Waals surface area contributed by atoms with Crippen molar-refractivity contribution in [1.82, 2.24) is 10.2 Å². The van der Waals surface area contributed by atoms with E-state index in [2.05, 4.69) is 64.4 Å². The summed E-state index contributed by atoms with van der Waals surface area (Å²) in [7, 11) is -2.92. The number of carbonyl (C=O) groups is 2. The van der Waals surface area contributed by atoms with Gasteiger partial charge >= 0.3 is 5.97 Å². The molecule has 0 aromatic heterocycles. The van der Waals surface area contributed by atoms with E-state index >= 15 is 0 Å². The van der Waals surface area contributed by atoms with Crippen molar-refractivity contribution in [3.05, 3.63) is 53.1 Å². The zero-order chi connectivity index (χ0) is 39.2. The number of aromatic carboxylic acids is 1. The summed E-state index contributed by atoms with van der Waals surface area (Å²) in [6.07, 6.45) is 11.8. The van der Waals surface area contributed by atoms with Crippen LogP contribution in [0.15, 0.2) is 30.4 Å². The van der Waals surface area contributed by atoms with Crippen LogP contribution in [0.25, 0.3) is 5.57 Å². The lowest BCUT2D eigenvalue weighted by Crippen LogP contribution is -2.66. The van der Waals surface area contributed by atoms with Gasteiger partial charge in [0.15, 0.2) is 9.84 Å². The Balaban J connectivity index is 1.13. The second-order valence-corrected chi connectivity index (χ2v) is 21.9. The first kappa shape index (κ1) is 39.6. The SMILES string of the molecule is C=C(C)[C@@H]1CC[C@]2(C(=O)NCCCN3CCS(=O)(=O)CC3)CC[C@]3(C)[C@H](CC[C@@H]4[C@@]5(C)CC=C(c6cc(F)c(C(=O)O)c(F)c6)C(C)(C)[C@@H]5CC[C@]43C)[C@@H]12. The number of hydrogen-bond donors (Lipinski definition) is 2. The normalized spacial score (nSPS) is 39.6. The third-order valence-electron chi connectivity index (χ3n) is 17.0. The lowest BCUT2D eigenvalue weighted by molar-refractivity contribution is -0.225. The molecular weight excluding hydrogens is 707 g/mol. The van der Waals surface area contributed by atoms with E-state index in [-0.39, 0.29) is 50.9 Å². The smallest absolute Gasteiger partial charge is 0.341 e. The molecule has 2 N–H and O–H groups in total. The van der Waals surface area contributed by atoms with Crippen LogP contribution in [0.3, 0.4) is 0 Å². The van der Waals surface area contributed by atoms with E-state index in [9.17, 15) is 31.9 Å². The van der Waals surface area contributed by atoms with Crippen LogP contribution in [0, 0.1) is 68.3 Å². The van der Waals surface area contributed by atoms with E-state index in [1.165, 1.54) is 17.7 Å². The molecule has 0 radical (unpaired) electrons. The lowest BCUT2D eigenvalue weighted by atomic mass is 9.32. The third-order valence-corrected chi connectivity index (χ3v) is 18.6. The Morgan fingerprint density at radius 1 is 0.926 bits per heavy atom. The number of carbonyl (C=O) groups excluding carboxylic acids is 1. The topological polar surface area (TPSA) is 104 Å². The molecule has 1 aliphatic heterocycles. The number of halogens is 2. The molecule has 5 fully saturated rings. The summed E-state index contributed by atoms with van der Waals surface area (Å²) in [5, 5.41) is 12.8. The molecule has 1 saturated heterocycles. The van der Waals surface area contributed by atoms with Crippen LogP contribution in [0.1, 0.15) is 122 Å². The molecule has 7 nitrogen and oxygen atoms in total. The van der Waals surface area contributed by atoms with Crippen LogP contribution in [0.4, 0.5) is 8.78 Å². The first-order valence-electron chi connectivity index (χ1n) is 20.5. The van der Waals surface area contributed by atoms with E-state index in [1.807, 2.05) is 0 Å². The number of carboxylic acids is 1. The molecule has 1 aromatic carbocycles. The molecule has 1 amide bonds. The highest BCUT2D eigenvalue weighted by Crippen LogP contribution is 2.77. The number of nitrogens with one attached hydrogen (secondary N) is 1. The van der Waals surface area contributed by atoms with Crippen LogP contribution >= 0.6 is 0 Å². The van der Waals surface area contributed by atoms with Crippen LogP contribution in [-0.2, 0) is 14.6 Å². The minimum Gasteiger partial charge on any atom is -0.477 e. The van der Waals surface area contributed by atoms with Crippen LogP contribution in [0.5, 0.6) is 0 Å². The Morgan fingerprint density at radius 3 is 2.22 bits per heavy atom. The number of sulfone groups is 1. The van der Waals surface area contributed by atoms with Crippen LogP contribution in [0.2, 0.25) is 0 Å². The molecule has 298 valence electrons. The Hall–Kier alpha value is -2.59. The van der Waals surface area contributed by atoms with Crippen molar-refractivity contribution in [1.29, 1.82) is 0 Å². The van der Waals surface area contributed by atoms with Gasteiger partial charge in [0.05, 0.1) is 16.9 Å². The fourth-order valence-electron chi connectivity index (χ4n) is 14.2. The summed E-state index contributed by atoms with van der Waals surface area (Å²) in [5.74, 6) is -1.34. The Kier molecular flexibility index (Phi) is 9.92. The lowest BCUT2D eigenvalue weighted by Gasteiger charge is -2.72. The molecule has 5 aliphatic carbocycles. The average molecular weight is 769 g/mol. The minimum absolute atomic E-state index is 0.0278. The number of nitrogens with zero attached hydrogens (tertiary/aromatic N) is 1. The molecule has 0 unspecified atom stereocenters. The van der Waals surface area contributed by atoms with E-state index < -0.39 is 38.4 Å². The van der Waals surface area contributed by atoms with Gasteiger partial charge in [-0.3, -0.25) is 4.79 Å². The maximum Gasteiger partial charge on any atom is 0.341 e. The number of allylic oxidation sites excluding steroid dienone is 3. The van der Waals surface area contributed by atoms with E-state index in [4.69, 9.17) is 0 Å². The first-order chi connectivity index (χ1) is 25.2. The van der Waals surface area contributed by atoms with Gasteiger partial charge in [-0.05, 0) is 152 Å². The number of amides is 1. The van der Waals surface area contributed by atoms with E-state index in [0.29, 0.717) is 43.0 Å². The summed E-state index contributed by atoms with van der Waals surface area (Å²) >= 11 is 0. The quantitative estimate of drug-likeness (QED) is 0.203. The summed E-state index contributed by atoms with van der Waals surface area (Å²) in [6.45, 7) is 21.2. The van der Waals surface area contributed by atoms with Gasteiger partial charge in [-0.2, -0.15) is 0 Å². The molecule has 1 aromatic rings. The minimum atomic E-state index is -2.92. The molecule has 9 atom stereocenters. The van der Waals surface area contributed by atoms with E-state index in [1.54, 1.807) is 0 Å². The Bertz CT molecular complexity index is 1840. The van der Waals surface area contributed by atoms with Gasteiger partial charge in [0.1, 0.15) is 17.2 Å². The van der Waals surface area contributed by atoms with Crippen molar-refractivity contribution in [2.45, 2.75) is 106 Å². The number of fused-ring (bicyclic) bond motifs is 7. The Labute approximate surface area is 321 Å². The fraction of sp³-hybridized carbons (Fsp3) is 0.727. The van der Waals surface area contributed by atoms with Crippen molar-refractivity contribution in [3.8, 4) is 0 Å². The molecule has 10 heteroatoms. The summed E-state index contributed by atoms with van der Waals surface area (Å²) in [5.41, 5.74) is 0.903. The zero-order valence-electron chi connectivity index (χ0n) is 33.3. The van der Waals surface area contributed by atoms with Gasteiger partial charge in [-0.15, -0.1) is 0 Å². The zero-order valence-corrected chi connectivity index (χ0v) is 34.1. The summed E-state index contributed by atoms with van der Waals surface area (Å²) in [4.78, 5) is 28.2. The average Bonchev–Trinajstić information content (AvgIpc) is 3.48. The third kappa shape index (κ3) is 5.96. The molecule has 7 rings (SSSR count). The number of rotatable bonds is 8. The predicted molar refractivity (Wildman–Crippen MR) is 208 cm³/mol. The molecule has 54 heavy (non-hydrogen) atoms.